The van der Waals surface area contributed by atoms with Gasteiger partial charge < -0.3 is 18.9 Å². The third-order valence-electron chi connectivity index (χ3n) is 4.96. The van der Waals surface area contributed by atoms with Crippen molar-refractivity contribution in [3.63, 3.8) is 0 Å². The average Bonchev–Trinajstić information content (AvgIpc) is 3.06. The van der Waals surface area contributed by atoms with Gasteiger partial charge in [-0.2, -0.15) is 0 Å². The monoisotopic (exact) mass is 431 g/mol. The number of carbonyl (C=O) groups excluding carboxylic acids is 1. The molecule has 1 aliphatic rings. The van der Waals surface area contributed by atoms with E-state index in [0.717, 1.165) is 21.3 Å². The van der Waals surface area contributed by atoms with Gasteiger partial charge in [-0.05, 0) is 54.9 Å². The normalized spacial score (nSPS) is 15.2. The Labute approximate surface area is 166 Å². The fraction of sp³-hybridized carbons (Fsp3) is 0.421. The third-order valence-corrected chi connectivity index (χ3v) is 5.39. The number of carbonyl (C=O) groups is 1. The molecule has 142 valence electrons. The number of halogens is 1. The molecule has 1 amide bonds. The molecule has 8 heteroatoms. The number of fused-ring (bicyclic) bond motifs is 3. The van der Waals surface area contributed by atoms with Gasteiger partial charge >= 0.3 is 6.09 Å². The van der Waals surface area contributed by atoms with Gasteiger partial charge in [0, 0.05) is 29.5 Å². The van der Waals surface area contributed by atoms with Gasteiger partial charge in [-0.15, -0.1) is 0 Å². The number of hydrogen-bond acceptors (Lipinski definition) is 5. The maximum atomic E-state index is 12.3. The molecule has 0 unspecified atom stereocenters. The van der Waals surface area contributed by atoms with Crippen LogP contribution in [0.1, 0.15) is 20.8 Å². The first-order valence-corrected chi connectivity index (χ1v) is 9.65. The summed E-state index contributed by atoms with van der Waals surface area (Å²) in [7, 11) is 1.76. The molecule has 4 heterocycles. The van der Waals surface area contributed by atoms with E-state index in [4.69, 9.17) is 9.72 Å². The number of ether oxygens (including phenoxy) is 1. The van der Waals surface area contributed by atoms with Crippen LogP contribution in [0.5, 0.6) is 0 Å². The van der Waals surface area contributed by atoms with Crippen LogP contribution in [-0.2, 0) is 4.74 Å². The maximum absolute atomic E-state index is 12.3. The summed E-state index contributed by atoms with van der Waals surface area (Å²) in [6.07, 6.45) is 3.33. The van der Waals surface area contributed by atoms with E-state index >= 15 is 0 Å². The Hall–Kier alpha value is -2.35. The minimum absolute atomic E-state index is 0.132. The van der Waals surface area contributed by atoms with Crippen molar-refractivity contribution in [2.75, 3.05) is 25.0 Å². The van der Waals surface area contributed by atoms with Crippen molar-refractivity contribution in [3.8, 4) is 0 Å². The Morgan fingerprint density at radius 3 is 2.78 bits per heavy atom. The lowest BCUT2D eigenvalue weighted by atomic mass is 10.1. The fourth-order valence-corrected chi connectivity index (χ4v) is 3.35. The summed E-state index contributed by atoms with van der Waals surface area (Å²) in [5, 5.41) is 0. The molecular weight excluding hydrogens is 410 g/mol. The number of nitrogens with zero attached hydrogens (tertiary/aromatic N) is 5. The minimum atomic E-state index is -0.294. The van der Waals surface area contributed by atoms with Gasteiger partial charge in [0.2, 0.25) is 0 Å². The smallest absolute Gasteiger partial charge is 0.410 e. The van der Waals surface area contributed by atoms with E-state index in [9.17, 15) is 4.79 Å². The van der Waals surface area contributed by atoms with Crippen LogP contribution in [-0.4, -0.2) is 57.1 Å². The third kappa shape index (κ3) is 3.22. The van der Waals surface area contributed by atoms with E-state index in [-0.39, 0.29) is 17.7 Å². The summed E-state index contributed by atoms with van der Waals surface area (Å²) >= 11 is 3.47. The molecule has 0 bridgehead atoms. The Kier molecular flexibility index (Phi) is 4.25. The lowest BCUT2D eigenvalue weighted by molar-refractivity contribution is 0.0365. The molecule has 0 atom stereocenters. The van der Waals surface area contributed by atoms with E-state index < -0.39 is 0 Å². The summed E-state index contributed by atoms with van der Waals surface area (Å²) in [6.45, 7) is 7.19. The molecule has 0 aromatic carbocycles. The van der Waals surface area contributed by atoms with Crippen molar-refractivity contribution in [2.24, 2.45) is 0 Å². The Morgan fingerprint density at radius 2 is 2.07 bits per heavy atom. The van der Waals surface area contributed by atoms with Gasteiger partial charge in [-0.25, -0.2) is 14.8 Å². The first kappa shape index (κ1) is 18.0. The number of pyridine rings is 1. The van der Waals surface area contributed by atoms with Crippen LogP contribution in [0.3, 0.4) is 0 Å². The first-order chi connectivity index (χ1) is 12.7. The molecule has 0 radical (unpaired) electrons. The Morgan fingerprint density at radius 1 is 1.33 bits per heavy atom. The van der Waals surface area contributed by atoms with Crippen LogP contribution < -0.4 is 4.90 Å². The topological polar surface area (TPSA) is 63.0 Å². The molecule has 3 aromatic heterocycles. The maximum Gasteiger partial charge on any atom is 0.410 e. The number of amides is 1. The summed E-state index contributed by atoms with van der Waals surface area (Å²) in [6, 6.07) is 6.04. The highest BCUT2D eigenvalue weighted by atomic mass is 79.9. The van der Waals surface area contributed by atoms with Crippen LogP contribution in [0, 0.1) is 0 Å². The molecule has 7 nitrogen and oxygen atoms in total. The summed E-state index contributed by atoms with van der Waals surface area (Å²) in [4.78, 5) is 25.2. The minimum Gasteiger partial charge on any atom is -0.442 e. The molecule has 1 aliphatic heterocycles. The van der Waals surface area contributed by atoms with E-state index in [2.05, 4.69) is 30.2 Å². The summed E-state index contributed by atoms with van der Waals surface area (Å²) < 4.78 is 8.61. The van der Waals surface area contributed by atoms with Crippen molar-refractivity contribution in [1.29, 1.82) is 0 Å². The lowest BCUT2D eigenvalue weighted by Crippen LogP contribution is -2.55. The zero-order valence-corrected chi connectivity index (χ0v) is 17.4. The van der Waals surface area contributed by atoms with Crippen molar-refractivity contribution in [2.45, 2.75) is 32.4 Å². The number of hydrogen-bond donors (Lipinski definition) is 0. The Balaban J connectivity index is 1.54. The standard InChI is InChI=1S/C19H22BrN5O2/c1-19(2,3)23(4)18(26)27-13-10-24(11-13)17-14-6-5-7-25(14)15-8-12(20)9-21-16(15)22-17/h5-9,13H,10-11H2,1-4H3. The van der Waals surface area contributed by atoms with Gasteiger partial charge in [-0.3, -0.25) is 0 Å². The number of rotatable bonds is 2. The summed E-state index contributed by atoms with van der Waals surface area (Å²) in [5.41, 5.74) is 2.38. The highest BCUT2D eigenvalue weighted by molar-refractivity contribution is 9.10. The van der Waals surface area contributed by atoms with Crippen LogP contribution in [0.2, 0.25) is 0 Å². The highest BCUT2D eigenvalue weighted by Gasteiger charge is 2.35. The molecule has 0 N–H and O–H groups in total. The van der Waals surface area contributed by atoms with Gasteiger partial charge in [0.1, 0.15) is 6.10 Å². The van der Waals surface area contributed by atoms with Crippen LogP contribution in [0.15, 0.2) is 35.1 Å². The van der Waals surface area contributed by atoms with E-state index in [0.29, 0.717) is 18.7 Å². The first-order valence-electron chi connectivity index (χ1n) is 8.86. The second-order valence-corrected chi connectivity index (χ2v) is 8.75. The average molecular weight is 432 g/mol. The van der Waals surface area contributed by atoms with Crippen LogP contribution in [0.25, 0.3) is 16.7 Å². The second-order valence-electron chi connectivity index (χ2n) is 7.84. The van der Waals surface area contributed by atoms with E-state index in [1.54, 1.807) is 18.1 Å². The molecule has 0 aliphatic carbocycles. The fourth-order valence-electron chi connectivity index (χ4n) is 3.03. The molecule has 4 rings (SSSR count). The molecule has 0 saturated carbocycles. The predicted molar refractivity (Wildman–Crippen MR) is 108 cm³/mol. The molecule has 27 heavy (non-hydrogen) atoms. The van der Waals surface area contributed by atoms with Crippen molar-refractivity contribution in [1.82, 2.24) is 19.3 Å². The van der Waals surface area contributed by atoms with Crippen LogP contribution >= 0.6 is 15.9 Å². The zero-order chi connectivity index (χ0) is 19.3. The highest BCUT2D eigenvalue weighted by Crippen LogP contribution is 2.29. The van der Waals surface area contributed by atoms with E-state index in [1.807, 2.05) is 45.2 Å². The molecule has 1 fully saturated rings. The van der Waals surface area contributed by atoms with Crippen LogP contribution in [0.4, 0.5) is 10.6 Å². The molecule has 0 spiro atoms. The van der Waals surface area contributed by atoms with Crippen molar-refractivity contribution in [3.05, 3.63) is 35.1 Å². The Bertz CT molecular complexity index is 1020. The van der Waals surface area contributed by atoms with E-state index in [1.165, 1.54) is 0 Å². The second kappa shape index (κ2) is 6.37. The zero-order valence-electron chi connectivity index (χ0n) is 15.8. The quantitative estimate of drug-likeness (QED) is 0.618. The SMILES string of the molecule is CN(C(=O)OC1CN(c2nc3ncc(Br)cc3n3cccc23)C1)C(C)(C)C. The van der Waals surface area contributed by atoms with Gasteiger partial charge in [0.05, 0.1) is 24.1 Å². The summed E-state index contributed by atoms with van der Waals surface area (Å²) in [5.74, 6) is 0.860. The van der Waals surface area contributed by atoms with Crippen molar-refractivity contribution >= 4 is 44.5 Å². The predicted octanol–water partition coefficient (Wildman–Crippen LogP) is 3.70. The van der Waals surface area contributed by atoms with Gasteiger partial charge in [0.15, 0.2) is 11.5 Å². The number of aromatic nitrogens is 3. The van der Waals surface area contributed by atoms with Crippen molar-refractivity contribution < 1.29 is 9.53 Å². The molecule has 3 aromatic rings. The number of anilines is 1. The van der Waals surface area contributed by atoms with Gasteiger partial charge in [0.25, 0.3) is 0 Å². The van der Waals surface area contributed by atoms with Gasteiger partial charge in [-0.1, -0.05) is 0 Å². The molecular formula is C19H22BrN5O2. The largest absolute Gasteiger partial charge is 0.442 e. The lowest BCUT2D eigenvalue weighted by Gasteiger charge is -2.41. The molecule has 1 saturated heterocycles.